The summed E-state index contributed by atoms with van der Waals surface area (Å²) >= 11 is 1.65. The van der Waals surface area contributed by atoms with Crippen molar-refractivity contribution >= 4 is 34.4 Å². The Bertz CT molecular complexity index is 1040. The number of Topliss-reactive ketones (excluding diaryl/α,β-unsaturated/α-hetero) is 1. The number of aromatic nitrogens is 1. The Labute approximate surface area is 168 Å². The van der Waals surface area contributed by atoms with Crippen LogP contribution in [-0.2, 0) is 11.2 Å². The smallest absolute Gasteiger partial charge is 0.243 e. The van der Waals surface area contributed by atoms with E-state index < -0.39 is 0 Å². The Morgan fingerprint density at radius 3 is 2.64 bits per heavy atom. The van der Waals surface area contributed by atoms with Gasteiger partial charge in [0.15, 0.2) is 5.78 Å². The quantitative estimate of drug-likeness (QED) is 0.658. The highest BCUT2D eigenvalue weighted by molar-refractivity contribution is 7.09. The topological polar surface area (TPSA) is 62.3 Å². The number of aryl methyl sites for hydroxylation is 1. The van der Waals surface area contributed by atoms with Gasteiger partial charge < -0.3 is 10.2 Å². The lowest BCUT2D eigenvalue weighted by Gasteiger charge is -2.19. The van der Waals surface area contributed by atoms with Crippen molar-refractivity contribution in [1.29, 1.82) is 0 Å². The lowest BCUT2D eigenvalue weighted by molar-refractivity contribution is -0.115. The number of nitrogens with zero attached hydrogens (tertiary/aromatic N) is 2. The number of nitrogens with one attached hydrogen (secondary N) is 1. The van der Waals surface area contributed by atoms with Crippen molar-refractivity contribution in [2.75, 3.05) is 23.3 Å². The molecular weight excluding hydrogens is 370 g/mol. The molecular formula is C22H21N3O2S. The first-order chi connectivity index (χ1) is 13.5. The van der Waals surface area contributed by atoms with Crippen molar-refractivity contribution in [2.24, 2.45) is 0 Å². The summed E-state index contributed by atoms with van der Waals surface area (Å²) in [6.07, 6.45) is 0.923. The molecule has 5 nitrogen and oxygen atoms in total. The number of benzene rings is 2. The van der Waals surface area contributed by atoms with E-state index in [1.165, 1.54) is 12.5 Å². The Morgan fingerprint density at radius 1 is 1.18 bits per heavy atom. The fourth-order valence-corrected chi connectivity index (χ4v) is 4.07. The van der Waals surface area contributed by atoms with Gasteiger partial charge in [-0.2, -0.15) is 0 Å². The van der Waals surface area contributed by atoms with Crippen molar-refractivity contribution in [1.82, 2.24) is 4.98 Å². The number of carbonyl (C=O) groups excluding carboxylic acids is 2. The molecule has 2 heterocycles. The molecule has 1 aromatic heterocycles. The minimum absolute atomic E-state index is 0.0127. The summed E-state index contributed by atoms with van der Waals surface area (Å²) in [6.45, 7) is 4.66. The summed E-state index contributed by atoms with van der Waals surface area (Å²) in [6, 6.07) is 13.3. The molecule has 0 spiro atoms. The van der Waals surface area contributed by atoms with Crippen molar-refractivity contribution in [2.45, 2.75) is 20.3 Å². The van der Waals surface area contributed by atoms with Crippen molar-refractivity contribution in [3.05, 3.63) is 64.0 Å². The lowest BCUT2D eigenvalue weighted by atomic mass is 10.1. The average molecular weight is 391 g/mol. The second-order valence-electron chi connectivity index (χ2n) is 6.95. The molecule has 6 heteroatoms. The molecule has 0 radical (unpaired) electrons. The van der Waals surface area contributed by atoms with Gasteiger partial charge in [0.05, 0.1) is 17.2 Å². The van der Waals surface area contributed by atoms with Crippen LogP contribution in [0.1, 0.15) is 27.9 Å². The number of hydrogen-bond acceptors (Lipinski definition) is 5. The summed E-state index contributed by atoms with van der Waals surface area (Å²) in [5.41, 5.74) is 5.83. The molecule has 0 bridgehead atoms. The summed E-state index contributed by atoms with van der Waals surface area (Å²) in [5.74, 6) is -0.0543. The molecule has 3 aromatic rings. The van der Waals surface area contributed by atoms with E-state index in [9.17, 15) is 9.59 Å². The maximum atomic E-state index is 12.5. The van der Waals surface area contributed by atoms with Gasteiger partial charge in [0.2, 0.25) is 5.91 Å². The molecule has 1 aliphatic heterocycles. The Hall–Kier alpha value is -2.99. The zero-order valence-corrected chi connectivity index (χ0v) is 16.7. The van der Waals surface area contributed by atoms with E-state index in [1.807, 2.05) is 6.92 Å². The molecule has 0 aliphatic carbocycles. The fraction of sp³-hybridized carbons (Fsp3) is 0.227. The number of thiazole rings is 1. The van der Waals surface area contributed by atoms with E-state index in [0.717, 1.165) is 34.9 Å². The van der Waals surface area contributed by atoms with E-state index in [1.54, 1.807) is 35.6 Å². The van der Waals surface area contributed by atoms with E-state index in [2.05, 4.69) is 38.8 Å². The van der Waals surface area contributed by atoms with Crippen LogP contribution in [0, 0.1) is 6.92 Å². The molecule has 28 heavy (non-hydrogen) atoms. The second-order valence-corrected chi connectivity index (χ2v) is 8.01. The van der Waals surface area contributed by atoms with E-state index in [-0.39, 0.29) is 11.7 Å². The molecule has 142 valence electrons. The Kier molecular flexibility index (Phi) is 4.96. The van der Waals surface area contributed by atoms with Gasteiger partial charge in [0.25, 0.3) is 0 Å². The van der Waals surface area contributed by atoms with E-state index in [0.29, 0.717) is 17.8 Å². The molecule has 1 N–H and O–H groups in total. The van der Waals surface area contributed by atoms with Gasteiger partial charge in [-0.1, -0.05) is 6.07 Å². The van der Waals surface area contributed by atoms with Gasteiger partial charge in [-0.25, -0.2) is 4.98 Å². The first kappa shape index (κ1) is 18.4. The zero-order valence-electron chi connectivity index (χ0n) is 15.9. The van der Waals surface area contributed by atoms with Crippen LogP contribution >= 0.6 is 11.3 Å². The maximum absolute atomic E-state index is 12.5. The van der Waals surface area contributed by atoms with Gasteiger partial charge in [-0.05, 0) is 62.2 Å². The Balaban J connectivity index is 1.43. The average Bonchev–Trinajstić information content (AvgIpc) is 3.28. The first-order valence-electron chi connectivity index (χ1n) is 9.21. The third-order valence-electron chi connectivity index (χ3n) is 4.90. The molecule has 1 aliphatic rings. The number of rotatable bonds is 5. The van der Waals surface area contributed by atoms with E-state index >= 15 is 0 Å². The van der Waals surface area contributed by atoms with Crippen LogP contribution in [-0.4, -0.2) is 29.8 Å². The van der Waals surface area contributed by atoms with Crippen LogP contribution in [0.4, 0.5) is 11.4 Å². The monoisotopic (exact) mass is 391 g/mol. The molecule has 0 fully saturated rings. The first-order valence-corrected chi connectivity index (χ1v) is 10.1. The lowest BCUT2D eigenvalue weighted by Crippen LogP contribution is -2.31. The highest BCUT2D eigenvalue weighted by atomic mass is 32.1. The van der Waals surface area contributed by atoms with Gasteiger partial charge in [0, 0.05) is 34.4 Å². The van der Waals surface area contributed by atoms with Crippen LogP contribution in [0.2, 0.25) is 0 Å². The van der Waals surface area contributed by atoms with Crippen molar-refractivity contribution < 1.29 is 9.59 Å². The summed E-state index contributed by atoms with van der Waals surface area (Å²) < 4.78 is 0. The minimum atomic E-state index is -0.0670. The summed E-state index contributed by atoms with van der Waals surface area (Å²) in [7, 11) is 0. The third-order valence-corrected chi connectivity index (χ3v) is 5.67. The fourth-order valence-electron chi connectivity index (χ4n) is 3.45. The van der Waals surface area contributed by atoms with Crippen molar-refractivity contribution in [3.8, 4) is 11.3 Å². The third kappa shape index (κ3) is 3.82. The summed E-state index contributed by atoms with van der Waals surface area (Å²) in [5, 5.41) is 6.04. The molecule has 2 aromatic carbocycles. The highest BCUT2D eigenvalue weighted by Gasteiger charge is 2.22. The molecule has 0 unspecified atom stereocenters. The zero-order chi connectivity index (χ0) is 19.7. The second kappa shape index (κ2) is 7.56. The number of anilines is 2. The van der Waals surface area contributed by atoms with Crippen LogP contribution in [0.25, 0.3) is 11.3 Å². The van der Waals surface area contributed by atoms with Crippen molar-refractivity contribution in [3.63, 3.8) is 0 Å². The van der Waals surface area contributed by atoms with Crippen LogP contribution < -0.4 is 10.2 Å². The predicted octanol–water partition coefficient (Wildman–Crippen LogP) is 4.32. The number of amides is 1. The van der Waals surface area contributed by atoms with Gasteiger partial charge in [-0.15, -0.1) is 11.3 Å². The molecule has 1 amide bonds. The van der Waals surface area contributed by atoms with Gasteiger partial charge in [0.1, 0.15) is 0 Å². The standard InChI is InChI=1S/C22H21N3O2S/c1-14(26)16-3-6-19(7-4-16)24-22(27)12-25-10-9-18-11-17(5-8-21(18)25)20-13-28-15(2)23-20/h3-8,11,13H,9-10,12H2,1-2H3,(H,24,27). The highest BCUT2D eigenvalue weighted by Crippen LogP contribution is 2.32. The molecule has 0 saturated heterocycles. The SMILES string of the molecule is CC(=O)c1ccc(NC(=O)CN2CCc3cc(-c4csc(C)n4)ccc32)cc1. The number of ketones is 1. The van der Waals surface area contributed by atoms with Gasteiger partial charge in [-0.3, -0.25) is 9.59 Å². The van der Waals surface area contributed by atoms with Crippen LogP contribution in [0.3, 0.4) is 0 Å². The van der Waals surface area contributed by atoms with Crippen LogP contribution in [0.5, 0.6) is 0 Å². The van der Waals surface area contributed by atoms with E-state index in [4.69, 9.17) is 0 Å². The normalized spacial score (nSPS) is 12.7. The van der Waals surface area contributed by atoms with Gasteiger partial charge >= 0.3 is 0 Å². The number of hydrogen-bond donors (Lipinski definition) is 1. The Morgan fingerprint density at radius 2 is 1.96 bits per heavy atom. The minimum Gasteiger partial charge on any atom is -0.362 e. The molecule has 4 rings (SSSR count). The largest absolute Gasteiger partial charge is 0.362 e. The number of fused-ring (bicyclic) bond motifs is 1. The summed E-state index contributed by atoms with van der Waals surface area (Å²) in [4.78, 5) is 30.5. The van der Waals surface area contributed by atoms with Crippen LogP contribution in [0.15, 0.2) is 47.8 Å². The maximum Gasteiger partial charge on any atom is 0.243 e. The predicted molar refractivity (Wildman–Crippen MR) is 113 cm³/mol. The molecule has 0 saturated carbocycles. The molecule has 0 atom stereocenters. The number of carbonyl (C=O) groups is 2.